The van der Waals surface area contributed by atoms with Crippen LogP contribution in [-0.2, 0) is 11.3 Å². The summed E-state index contributed by atoms with van der Waals surface area (Å²) >= 11 is 0. The Morgan fingerprint density at radius 1 is 1.28 bits per heavy atom. The second-order valence-electron chi connectivity index (χ2n) is 6.93. The smallest absolute Gasteiger partial charge is 0.255 e. The zero-order valence-electron chi connectivity index (χ0n) is 14.4. The largest absolute Gasteiger partial charge is 0.472 e. The highest BCUT2D eigenvalue weighted by molar-refractivity contribution is 5.94. The number of carbonyl (C=O) groups is 1. The summed E-state index contributed by atoms with van der Waals surface area (Å²) in [6, 6.07) is 5.73. The van der Waals surface area contributed by atoms with Gasteiger partial charge in [0.2, 0.25) is 0 Å². The summed E-state index contributed by atoms with van der Waals surface area (Å²) in [5.74, 6) is 0.391. The van der Waals surface area contributed by atoms with Gasteiger partial charge in [0.05, 0.1) is 30.8 Å². The van der Waals surface area contributed by atoms with E-state index in [-0.39, 0.29) is 12.0 Å². The Hall–Kier alpha value is -2.18. The van der Waals surface area contributed by atoms with Crippen LogP contribution in [0.5, 0.6) is 0 Å². The van der Waals surface area contributed by atoms with E-state index in [2.05, 4.69) is 9.88 Å². The number of ether oxygens (including phenoxy) is 1. The maximum absolute atomic E-state index is 12.7. The number of carbonyl (C=O) groups excluding carboxylic acids is 1. The molecule has 2 aliphatic heterocycles. The van der Waals surface area contributed by atoms with Crippen LogP contribution < -0.4 is 0 Å². The highest BCUT2D eigenvalue weighted by atomic mass is 16.5. The molecule has 2 aromatic heterocycles. The molecule has 4 heterocycles. The zero-order valence-corrected chi connectivity index (χ0v) is 14.4. The Labute approximate surface area is 147 Å². The molecule has 2 aromatic rings. The number of amides is 1. The SMILES string of the molecule is Cc1ccc(C(=O)N2C[C@H]3CN(Cc4ccoc4)CCO[C@H]3C2)cn1. The van der Waals surface area contributed by atoms with Crippen LogP contribution in [0.3, 0.4) is 0 Å². The molecule has 2 aliphatic rings. The fourth-order valence-electron chi connectivity index (χ4n) is 3.69. The molecule has 0 saturated carbocycles. The minimum atomic E-state index is 0.0468. The predicted molar refractivity (Wildman–Crippen MR) is 92.1 cm³/mol. The third-order valence-corrected chi connectivity index (χ3v) is 5.04. The van der Waals surface area contributed by atoms with Crippen molar-refractivity contribution in [3.05, 3.63) is 53.7 Å². The fraction of sp³-hybridized carbons (Fsp3) is 0.474. The van der Waals surface area contributed by atoms with Crippen molar-refractivity contribution < 1.29 is 13.9 Å². The van der Waals surface area contributed by atoms with Crippen molar-refractivity contribution in [2.75, 3.05) is 32.8 Å². The minimum Gasteiger partial charge on any atom is -0.472 e. The molecular formula is C19H23N3O3. The number of rotatable bonds is 3. The molecule has 0 radical (unpaired) electrons. The van der Waals surface area contributed by atoms with Crippen LogP contribution in [0.15, 0.2) is 41.3 Å². The first-order valence-electron chi connectivity index (χ1n) is 8.76. The highest BCUT2D eigenvalue weighted by Gasteiger charge is 2.38. The molecule has 0 aromatic carbocycles. The van der Waals surface area contributed by atoms with E-state index in [9.17, 15) is 4.79 Å². The summed E-state index contributed by atoms with van der Waals surface area (Å²) in [6.45, 7) is 6.73. The predicted octanol–water partition coefficient (Wildman–Crippen LogP) is 1.96. The third kappa shape index (κ3) is 3.60. The van der Waals surface area contributed by atoms with E-state index in [1.54, 1.807) is 18.7 Å². The molecule has 132 valence electrons. The van der Waals surface area contributed by atoms with Crippen molar-refractivity contribution in [2.24, 2.45) is 5.92 Å². The van der Waals surface area contributed by atoms with E-state index >= 15 is 0 Å². The number of fused-ring (bicyclic) bond motifs is 1. The topological polar surface area (TPSA) is 58.8 Å². The summed E-state index contributed by atoms with van der Waals surface area (Å²) in [7, 11) is 0. The number of likely N-dealkylation sites (tertiary alicyclic amines) is 1. The molecule has 2 atom stereocenters. The number of aromatic nitrogens is 1. The average molecular weight is 341 g/mol. The van der Waals surface area contributed by atoms with Crippen LogP contribution in [-0.4, -0.2) is 59.6 Å². The lowest BCUT2D eigenvalue weighted by molar-refractivity contribution is 0.0483. The molecule has 0 bridgehead atoms. The van der Waals surface area contributed by atoms with Crippen LogP contribution in [0.2, 0.25) is 0 Å². The van der Waals surface area contributed by atoms with Crippen LogP contribution in [0, 0.1) is 12.8 Å². The first-order chi connectivity index (χ1) is 12.2. The lowest BCUT2D eigenvalue weighted by atomic mass is 10.1. The lowest BCUT2D eigenvalue weighted by Crippen LogP contribution is -2.33. The van der Waals surface area contributed by atoms with Gasteiger partial charge in [0, 0.05) is 56.1 Å². The quantitative estimate of drug-likeness (QED) is 0.854. The number of hydrogen-bond acceptors (Lipinski definition) is 5. The van der Waals surface area contributed by atoms with Gasteiger partial charge in [0.25, 0.3) is 5.91 Å². The molecule has 6 heteroatoms. The van der Waals surface area contributed by atoms with Gasteiger partial charge < -0.3 is 14.1 Å². The molecular weight excluding hydrogens is 318 g/mol. The van der Waals surface area contributed by atoms with Crippen molar-refractivity contribution >= 4 is 5.91 Å². The normalized spacial score (nSPS) is 24.1. The standard InChI is InChI=1S/C19H23N3O3/c1-14-2-3-16(8-20-14)19(23)22-11-17-10-21(5-7-25-18(17)12-22)9-15-4-6-24-13-15/h2-4,6,8,13,17-18H,5,7,9-12H2,1H3/t17-,18+/m1/s1. The Morgan fingerprint density at radius 3 is 2.96 bits per heavy atom. The molecule has 0 aliphatic carbocycles. The summed E-state index contributed by atoms with van der Waals surface area (Å²) in [5.41, 5.74) is 2.74. The van der Waals surface area contributed by atoms with Crippen molar-refractivity contribution in [3.63, 3.8) is 0 Å². The Morgan fingerprint density at radius 2 is 2.20 bits per heavy atom. The van der Waals surface area contributed by atoms with Gasteiger partial charge in [0.15, 0.2) is 0 Å². The van der Waals surface area contributed by atoms with E-state index < -0.39 is 0 Å². The average Bonchev–Trinajstić information content (AvgIpc) is 3.22. The second-order valence-corrected chi connectivity index (χ2v) is 6.93. The van der Waals surface area contributed by atoms with Crippen molar-refractivity contribution in [1.82, 2.24) is 14.8 Å². The van der Waals surface area contributed by atoms with E-state index in [0.29, 0.717) is 24.6 Å². The van der Waals surface area contributed by atoms with E-state index in [4.69, 9.17) is 9.15 Å². The Kier molecular flexibility index (Phi) is 4.55. The van der Waals surface area contributed by atoms with Crippen molar-refractivity contribution in [1.29, 1.82) is 0 Å². The summed E-state index contributed by atoms with van der Waals surface area (Å²) in [6.07, 6.45) is 5.28. The number of furan rings is 1. The van der Waals surface area contributed by atoms with Gasteiger partial charge in [-0.15, -0.1) is 0 Å². The number of aryl methyl sites for hydroxylation is 1. The zero-order chi connectivity index (χ0) is 17.2. The van der Waals surface area contributed by atoms with Gasteiger partial charge in [-0.25, -0.2) is 0 Å². The molecule has 25 heavy (non-hydrogen) atoms. The molecule has 4 rings (SSSR count). The Bertz CT molecular complexity index is 714. The van der Waals surface area contributed by atoms with Gasteiger partial charge in [-0.3, -0.25) is 14.7 Å². The monoisotopic (exact) mass is 341 g/mol. The van der Waals surface area contributed by atoms with E-state index in [1.807, 2.05) is 30.0 Å². The summed E-state index contributed by atoms with van der Waals surface area (Å²) in [4.78, 5) is 21.3. The molecule has 0 unspecified atom stereocenters. The molecule has 1 amide bonds. The van der Waals surface area contributed by atoms with Gasteiger partial charge >= 0.3 is 0 Å². The van der Waals surface area contributed by atoms with Crippen LogP contribution in [0.4, 0.5) is 0 Å². The maximum atomic E-state index is 12.7. The number of pyridine rings is 1. The maximum Gasteiger partial charge on any atom is 0.255 e. The fourth-order valence-corrected chi connectivity index (χ4v) is 3.69. The molecule has 2 saturated heterocycles. The Balaban J connectivity index is 1.41. The minimum absolute atomic E-state index is 0.0468. The van der Waals surface area contributed by atoms with E-state index in [0.717, 1.165) is 31.9 Å². The van der Waals surface area contributed by atoms with E-state index in [1.165, 1.54) is 5.56 Å². The van der Waals surface area contributed by atoms with Crippen molar-refractivity contribution in [3.8, 4) is 0 Å². The van der Waals surface area contributed by atoms with Crippen LogP contribution in [0.25, 0.3) is 0 Å². The molecule has 6 nitrogen and oxygen atoms in total. The summed E-state index contributed by atoms with van der Waals surface area (Å²) in [5, 5.41) is 0. The summed E-state index contributed by atoms with van der Waals surface area (Å²) < 4.78 is 11.2. The first-order valence-corrected chi connectivity index (χ1v) is 8.76. The molecule has 0 spiro atoms. The van der Waals surface area contributed by atoms with Gasteiger partial charge in [-0.2, -0.15) is 0 Å². The third-order valence-electron chi connectivity index (χ3n) is 5.04. The van der Waals surface area contributed by atoms with Crippen LogP contribution in [0.1, 0.15) is 21.6 Å². The molecule has 0 N–H and O–H groups in total. The van der Waals surface area contributed by atoms with Gasteiger partial charge in [-0.05, 0) is 25.1 Å². The molecule has 2 fully saturated rings. The van der Waals surface area contributed by atoms with Crippen LogP contribution >= 0.6 is 0 Å². The lowest BCUT2D eigenvalue weighted by Gasteiger charge is -2.22. The number of nitrogens with zero attached hydrogens (tertiary/aromatic N) is 3. The number of hydrogen-bond donors (Lipinski definition) is 0. The second kappa shape index (κ2) is 6.98. The van der Waals surface area contributed by atoms with Gasteiger partial charge in [-0.1, -0.05) is 0 Å². The van der Waals surface area contributed by atoms with Crippen molar-refractivity contribution in [2.45, 2.75) is 19.6 Å². The highest BCUT2D eigenvalue weighted by Crippen LogP contribution is 2.25. The first kappa shape index (κ1) is 16.3. The van der Waals surface area contributed by atoms with Gasteiger partial charge in [0.1, 0.15) is 0 Å².